The topological polar surface area (TPSA) is 50.9 Å². The second kappa shape index (κ2) is 5.20. The molecule has 0 fully saturated rings. The number of aromatic nitrogens is 1. The summed E-state index contributed by atoms with van der Waals surface area (Å²) in [5.41, 5.74) is 3.83. The second-order valence-corrected chi connectivity index (χ2v) is 4.01. The van der Waals surface area contributed by atoms with Gasteiger partial charge in [0.1, 0.15) is 11.6 Å². The van der Waals surface area contributed by atoms with E-state index in [4.69, 9.17) is 5.84 Å². The summed E-state index contributed by atoms with van der Waals surface area (Å²) in [5, 5.41) is 0. The van der Waals surface area contributed by atoms with Crippen LogP contribution in [0.2, 0.25) is 0 Å². The molecule has 94 valence electrons. The molecular formula is C13H13F2N3. The number of pyridine rings is 1. The molecule has 5 heteroatoms. The molecule has 1 unspecified atom stereocenters. The van der Waals surface area contributed by atoms with Gasteiger partial charge < -0.3 is 0 Å². The van der Waals surface area contributed by atoms with Crippen LogP contribution in [0.25, 0.3) is 0 Å². The molecular weight excluding hydrogens is 236 g/mol. The number of nitrogens with two attached hydrogens (primary N) is 1. The Morgan fingerprint density at radius 2 is 2.06 bits per heavy atom. The minimum atomic E-state index is -0.631. The largest absolute Gasteiger partial charge is 0.271 e. The minimum Gasteiger partial charge on any atom is -0.271 e. The van der Waals surface area contributed by atoms with Crippen LogP contribution in [-0.4, -0.2) is 4.98 Å². The van der Waals surface area contributed by atoms with Gasteiger partial charge in [0.15, 0.2) is 0 Å². The van der Waals surface area contributed by atoms with Crippen LogP contribution in [0.3, 0.4) is 0 Å². The summed E-state index contributed by atoms with van der Waals surface area (Å²) in [7, 11) is 0. The first-order valence-corrected chi connectivity index (χ1v) is 5.45. The summed E-state index contributed by atoms with van der Waals surface area (Å²) in [5.74, 6) is 4.60. The molecule has 1 atom stereocenters. The summed E-state index contributed by atoms with van der Waals surface area (Å²) < 4.78 is 27.1. The first-order valence-electron chi connectivity index (χ1n) is 5.45. The predicted octanol–water partition coefficient (Wildman–Crippen LogP) is 2.22. The van der Waals surface area contributed by atoms with Crippen molar-refractivity contribution >= 4 is 0 Å². The van der Waals surface area contributed by atoms with E-state index in [9.17, 15) is 8.78 Å². The molecule has 0 saturated carbocycles. The van der Waals surface area contributed by atoms with Gasteiger partial charge in [-0.15, -0.1) is 0 Å². The standard InChI is InChI=1S/C13H13F2N3/c1-8-3-2-4-11(12(8)15)13(18-16)9-5-10(14)7-17-6-9/h2-7,13,18H,16H2,1H3. The summed E-state index contributed by atoms with van der Waals surface area (Å²) in [6.45, 7) is 1.66. The number of nitrogens with one attached hydrogen (secondary N) is 1. The molecule has 2 aromatic rings. The monoisotopic (exact) mass is 249 g/mol. The molecule has 0 radical (unpaired) electrons. The quantitative estimate of drug-likeness (QED) is 0.647. The summed E-state index contributed by atoms with van der Waals surface area (Å²) in [4.78, 5) is 3.74. The zero-order valence-corrected chi connectivity index (χ0v) is 9.82. The Labute approximate surface area is 104 Å². The van der Waals surface area contributed by atoms with Gasteiger partial charge in [0.25, 0.3) is 0 Å². The molecule has 1 aromatic heterocycles. The number of nitrogens with zero attached hydrogens (tertiary/aromatic N) is 1. The second-order valence-electron chi connectivity index (χ2n) is 4.01. The third-order valence-corrected chi connectivity index (χ3v) is 2.76. The molecule has 3 N–H and O–H groups in total. The van der Waals surface area contributed by atoms with E-state index < -0.39 is 11.9 Å². The van der Waals surface area contributed by atoms with Gasteiger partial charge >= 0.3 is 0 Å². The maximum Gasteiger partial charge on any atom is 0.141 e. The molecule has 0 aliphatic carbocycles. The average Bonchev–Trinajstić information content (AvgIpc) is 2.35. The van der Waals surface area contributed by atoms with Crippen molar-refractivity contribution in [3.63, 3.8) is 0 Å². The predicted molar refractivity (Wildman–Crippen MR) is 64.5 cm³/mol. The van der Waals surface area contributed by atoms with Gasteiger partial charge in [0.2, 0.25) is 0 Å². The van der Waals surface area contributed by atoms with Gasteiger partial charge in [-0.1, -0.05) is 18.2 Å². The van der Waals surface area contributed by atoms with Crippen LogP contribution in [0, 0.1) is 18.6 Å². The highest BCUT2D eigenvalue weighted by atomic mass is 19.1. The van der Waals surface area contributed by atoms with Gasteiger partial charge in [0, 0.05) is 11.8 Å². The zero-order valence-electron chi connectivity index (χ0n) is 9.82. The number of hydrogen-bond donors (Lipinski definition) is 2. The fraction of sp³-hybridized carbons (Fsp3) is 0.154. The van der Waals surface area contributed by atoms with Crippen molar-refractivity contribution in [2.45, 2.75) is 13.0 Å². The number of halogens is 2. The molecule has 0 aliphatic rings. The average molecular weight is 249 g/mol. The zero-order chi connectivity index (χ0) is 13.1. The summed E-state index contributed by atoms with van der Waals surface area (Å²) >= 11 is 0. The highest BCUT2D eigenvalue weighted by molar-refractivity contribution is 5.34. The van der Waals surface area contributed by atoms with Crippen LogP contribution in [0.5, 0.6) is 0 Å². The van der Waals surface area contributed by atoms with Crippen molar-refractivity contribution in [1.82, 2.24) is 10.4 Å². The van der Waals surface area contributed by atoms with Crippen molar-refractivity contribution in [1.29, 1.82) is 0 Å². The summed E-state index contributed by atoms with van der Waals surface area (Å²) in [6, 6.07) is 5.64. The minimum absolute atomic E-state index is 0.357. The van der Waals surface area contributed by atoms with Crippen molar-refractivity contribution in [2.24, 2.45) is 5.84 Å². The number of hydrazine groups is 1. The third-order valence-electron chi connectivity index (χ3n) is 2.76. The molecule has 1 heterocycles. The van der Waals surface area contributed by atoms with Gasteiger partial charge in [-0.05, 0) is 24.1 Å². The molecule has 0 amide bonds. The molecule has 1 aromatic carbocycles. The van der Waals surface area contributed by atoms with Gasteiger partial charge in [-0.2, -0.15) is 0 Å². The maximum absolute atomic E-state index is 14.0. The number of aryl methyl sites for hydroxylation is 1. The van der Waals surface area contributed by atoms with Crippen LogP contribution in [0.15, 0.2) is 36.7 Å². The first-order chi connectivity index (χ1) is 8.63. The van der Waals surface area contributed by atoms with Crippen molar-refractivity contribution in [2.75, 3.05) is 0 Å². The highest BCUT2D eigenvalue weighted by Gasteiger charge is 2.18. The lowest BCUT2D eigenvalue weighted by Crippen LogP contribution is -2.29. The number of benzene rings is 1. The van der Waals surface area contributed by atoms with Crippen LogP contribution in [0.1, 0.15) is 22.7 Å². The van der Waals surface area contributed by atoms with E-state index in [0.717, 1.165) is 6.20 Å². The van der Waals surface area contributed by atoms with E-state index in [1.54, 1.807) is 25.1 Å². The highest BCUT2D eigenvalue weighted by Crippen LogP contribution is 2.25. The molecule has 3 nitrogen and oxygen atoms in total. The molecule has 0 spiro atoms. The van der Waals surface area contributed by atoms with E-state index in [0.29, 0.717) is 16.7 Å². The van der Waals surface area contributed by atoms with E-state index in [-0.39, 0.29) is 5.82 Å². The smallest absolute Gasteiger partial charge is 0.141 e. The van der Waals surface area contributed by atoms with Crippen molar-refractivity contribution < 1.29 is 8.78 Å². The SMILES string of the molecule is Cc1cccc(C(NN)c2cncc(F)c2)c1F. The molecule has 18 heavy (non-hydrogen) atoms. The Morgan fingerprint density at radius 3 is 2.72 bits per heavy atom. The van der Waals surface area contributed by atoms with Crippen molar-refractivity contribution in [3.8, 4) is 0 Å². The fourth-order valence-corrected chi connectivity index (χ4v) is 1.84. The Morgan fingerprint density at radius 1 is 1.28 bits per heavy atom. The normalized spacial score (nSPS) is 12.4. The Bertz CT molecular complexity index is 558. The first kappa shape index (κ1) is 12.6. The van der Waals surface area contributed by atoms with Crippen LogP contribution in [-0.2, 0) is 0 Å². The van der Waals surface area contributed by atoms with Crippen LogP contribution >= 0.6 is 0 Å². The Kier molecular flexibility index (Phi) is 3.64. The van der Waals surface area contributed by atoms with E-state index in [1.165, 1.54) is 12.3 Å². The van der Waals surface area contributed by atoms with Gasteiger partial charge in [0.05, 0.1) is 12.2 Å². The molecule has 0 aliphatic heterocycles. The maximum atomic E-state index is 14.0. The molecule has 0 bridgehead atoms. The van der Waals surface area contributed by atoms with Crippen LogP contribution < -0.4 is 11.3 Å². The lowest BCUT2D eigenvalue weighted by Gasteiger charge is -2.18. The van der Waals surface area contributed by atoms with E-state index in [2.05, 4.69) is 10.4 Å². The van der Waals surface area contributed by atoms with Gasteiger partial charge in [-0.3, -0.25) is 10.8 Å². The lowest BCUT2D eigenvalue weighted by atomic mass is 9.98. The number of hydrogen-bond acceptors (Lipinski definition) is 3. The van der Waals surface area contributed by atoms with Crippen LogP contribution in [0.4, 0.5) is 8.78 Å². The van der Waals surface area contributed by atoms with Gasteiger partial charge in [-0.25, -0.2) is 14.2 Å². The Balaban J connectivity index is 2.49. The van der Waals surface area contributed by atoms with Crippen molar-refractivity contribution in [3.05, 3.63) is 65.0 Å². The third kappa shape index (κ3) is 2.37. The van der Waals surface area contributed by atoms with E-state index in [1.807, 2.05) is 0 Å². The summed E-state index contributed by atoms with van der Waals surface area (Å²) in [6.07, 6.45) is 2.54. The van der Waals surface area contributed by atoms with E-state index >= 15 is 0 Å². The lowest BCUT2D eigenvalue weighted by molar-refractivity contribution is 0.548. The number of rotatable bonds is 3. The Hall–Kier alpha value is -1.85. The molecule has 0 saturated heterocycles. The fourth-order valence-electron chi connectivity index (χ4n) is 1.84. The molecule has 2 rings (SSSR count).